The highest BCUT2D eigenvalue weighted by atomic mass is 16.5. The molecule has 2 rings (SSSR count). The Labute approximate surface area is 116 Å². The van der Waals surface area contributed by atoms with Gasteiger partial charge in [-0.1, -0.05) is 26.3 Å². The molecule has 1 aliphatic heterocycles. The van der Waals surface area contributed by atoms with Crippen molar-refractivity contribution < 1.29 is 9.47 Å². The summed E-state index contributed by atoms with van der Waals surface area (Å²) < 4.78 is 11.7. The van der Waals surface area contributed by atoms with Crippen molar-refractivity contribution in [3.63, 3.8) is 0 Å². The SMILES string of the molecule is CCCC1(CC)CC(NC)c2ccc(OC)cc2O1. The van der Waals surface area contributed by atoms with Gasteiger partial charge >= 0.3 is 0 Å². The molecule has 0 amide bonds. The normalized spacial score (nSPS) is 25.6. The molecule has 0 radical (unpaired) electrons. The van der Waals surface area contributed by atoms with E-state index >= 15 is 0 Å². The van der Waals surface area contributed by atoms with Crippen molar-refractivity contribution in [2.24, 2.45) is 0 Å². The van der Waals surface area contributed by atoms with Crippen molar-refractivity contribution in [3.8, 4) is 11.5 Å². The summed E-state index contributed by atoms with van der Waals surface area (Å²) in [7, 11) is 3.72. The van der Waals surface area contributed by atoms with E-state index in [9.17, 15) is 0 Å². The van der Waals surface area contributed by atoms with Crippen molar-refractivity contribution >= 4 is 0 Å². The molecule has 0 saturated carbocycles. The summed E-state index contributed by atoms with van der Waals surface area (Å²) in [6.07, 6.45) is 4.31. The van der Waals surface area contributed by atoms with Crippen LogP contribution in [0.4, 0.5) is 0 Å². The summed E-state index contributed by atoms with van der Waals surface area (Å²) in [6, 6.07) is 6.49. The molecule has 1 aromatic carbocycles. The zero-order valence-electron chi connectivity index (χ0n) is 12.5. The lowest BCUT2D eigenvalue weighted by atomic mass is 9.82. The van der Waals surface area contributed by atoms with Crippen LogP contribution in [0.1, 0.15) is 51.1 Å². The highest BCUT2D eigenvalue weighted by Crippen LogP contribution is 2.44. The quantitative estimate of drug-likeness (QED) is 0.879. The van der Waals surface area contributed by atoms with Crippen LogP contribution >= 0.6 is 0 Å². The van der Waals surface area contributed by atoms with Gasteiger partial charge in [-0.3, -0.25) is 0 Å². The third-order valence-corrected chi connectivity index (χ3v) is 4.20. The molecule has 1 heterocycles. The Morgan fingerprint density at radius 3 is 2.79 bits per heavy atom. The fraction of sp³-hybridized carbons (Fsp3) is 0.625. The van der Waals surface area contributed by atoms with E-state index in [4.69, 9.17) is 9.47 Å². The first-order valence-corrected chi connectivity index (χ1v) is 7.22. The number of methoxy groups -OCH3 is 1. The van der Waals surface area contributed by atoms with Crippen molar-refractivity contribution in [1.29, 1.82) is 0 Å². The molecule has 3 heteroatoms. The predicted molar refractivity (Wildman–Crippen MR) is 78.0 cm³/mol. The van der Waals surface area contributed by atoms with Gasteiger partial charge in [0, 0.05) is 24.1 Å². The summed E-state index contributed by atoms with van der Waals surface area (Å²) in [6.45, 7) is 4.43. The summed E-state index contributed by atoms with van der Waals surface area (Å²) in [5, 5.41) is 3.42. The van der Waals surface area contributed by atoms with Crippen LogP contribution in [-0.2, 0) is 0 Å². The molecule has 1 aromatic rings. The molecule has 2 unspecified atom stereocenters. The minimum Gasteiger partial charge on any atom is -0.497 e. The van der Waals surface area contributed by atoms with Crippen molar-refractivity contribution in [2.45, 2.75) is 51.2 Å². The molecule has 0 saturated heterocycles. The highest BCUT2D eigenvalue weighted by Gasteiger charge is 2.38. The molecule has 19 heavy (non-hydrogen) atoms. The van der Waals surface area contributed by atoms with Crippen LogP contribution in [0.15, 0.2) is 18.2 Å². The standard InChI is InChI=1S/C16H25NO2/c1-5-9-16(6-2)11-14(17-3)13-8-7-12(18-4)10-15(13)19-16/h7-8,10,14,17H,5-6,9,11H2,1-4H3. The van der Waals surface area contributed by atoms with Crippen molar-refractivity contribution in [1.82, 2.24) is 5.32 Å². The van der Waals surface area contributed by atoms with Crippen LogP contribution in [0.3, 0.4) is 0 Å². The smallest absolute Gasteiger partial charge is 0.128 e. The van der Waals surface area contributed by atoms with E-state index in [0.29, 0.717) is 6.04 Å². The Balaban J connectivity index is 2.39. The lowest BCUT2D eigenvalue weighted by molar-refractivity contribution is 0.0186. The summed E-state index contributed by atoms with van der Waals surface area (Å²) in [4.78, 5) is 0. The van der Waals surface area contributed by atoms with Gasteiger partial charge in [0.05, 0.1) is 7.11 Å². The Kier molecular flexibility index (Phi) is 4.35. The zero-order chi connectivity index (χ0) is 13.9. The zero-order valence-corrected chi connectivity index (χ0v) is 12.5. The fourth-order valence-corrected chi connectivity index (χ4v) is 3.03. The first-order chi connectivity index (χ1) is 9.18. The van der Waals surface area contributed by atoms with Gasteiger partial charge in [-0.25, -0.2) is 0 Å². The van der Waals surface area contributed by atoms with Crippen molar-refractivity contribution in [2.75, 3.05) is 14.2 Å². The Morgan fingerprint density at radius 2 is 2.21 bits per heavy atom. The Morgan fingerprint density at radius 1 is 1.42 bits per heavy atom. The topological polar surface area (TPSA) is 30.5 Å². The number of nitrogens with one attached hydrogen (secondary N) is 1. The predicted octanol–water partition coefficient (Wildman–Crippen LogP) is 3.69. The maximum Gasteiger partial charge on any atom is 0.128 e. The van der Waals surface area contributed by atoms with Gasteiger partial charge in [-0.15, -0.1) is 0 Å². The number of ether oxygens (including phenoxy) is 2. The van der Waals surface area contributed by atoms with Crippen LogP contribution in [0, 0.1) is 0 Å². The summed E-state index contributed by atoms with van der Waals surface area (Å²) >= 11 is 0. The number of hydrogen-bond donors (Lipinski definition) is 1. The average molecular weight is 263 g/mol. The molecule has 1 N–H and O–H groups in total. The number of benzene rings is 1. The monoisotopic (exact) mass is 263 g/mol. The van der Waals surface area contributed by atoms with E-state index in [0.717, 1.165) is 37.2 Å². The third kappa shape index (κ3) is 2.71. The molecule has 0 fully saturated rings. The maximum atomic E-state index is 6.36. The number of rotatable bonds is 5. The first kappa shape index (κ1) is 14.2. The molecular formula is C16H25NO2. The summed E-state index contributed by atoms with van der Waals surface area (Å²) in [5.41, 5.74) is 1.20. The third-order valence-electron chi connectivity index (χ3n) is 4.20. The van der Waals surface area contributed by atoms with E-state index in [1.807, 2.05) is 19.2 Å². The van der Waals surface area contributed by atoms with Crippen LogP contribution in [0.2, 0.25) is 0 Å². The van der Waals surface area contributed by atoms with Crippen LogP contribution in [-0.4, -0.2) is 19.8 Å². The van der Waals surface area contributed by atoms with Gasteiger partial charge in [0.2, 0.25) is 0 Å². The minimum absolute atomic E-state index is 0.0399. The van der Waals surface area contributed by atoms with E-state index in [-0.39, 0.29) is 5.60 Å². The number of hydrogen-bond acceptors (Lipinski definition) is 3. The van der Waals surface area contributed by atoms with E-state index in [2.05, 4.69) is 25.2 Å². The van der Waals surface area contributed by atoms with Gasteiger partial charge in [0.25, 0.3) is 0 Å². The highest BCUT2D eigenvalue weighted by molar-refractivity contribution is 5.44. The fourth-order valence-electron chi connectivity index (χ4n) is 3.03. The lowest BCUT2D eigenvalue weighted by Crippen LogP contribution is -2.43. The van der Waals surface area contributed by atoms with E-state index in [1.165, 1.54) is 5.56 Å². The Bertz CT molecular complexity index is 433. The molecule has 0 aromatic heterocycles. The molecule has 1 aliphatic rings. The largest absolute Gasteiger partial charge is 0.497 e. The van der Waals surface area contributed by atoms with Gasteiger partial charge in [0.15, 0.2) is 0 Å². The lowest BCUT2D eigenvalue weighted by Gasteiger charge is -2.42. The minimum atomic E-state index is -0.0399. The number of fused-ring (bicyclic) bond motifs is 1. The van der Waals surface area contributed by atoms with Gasteiger partial charge < -0.3 is 14.8 Å². The maximum absolute atomic E-state index is 6.36. The molecule has 0 spiro atoms. The first-order valence-electron chi connectivity index (χ1n) is 7.22. The second-order valence-electron chi connectivity index (χ2n) is 5.34. The van der Waals surface area contributed by atoms with E-state index in [1.54, 1.807) is 7.11 Å². The second-order valence-corrected chi connectivity index (χ2v) is 5.34. The molecule has 3 nitrogen and oxygen atoms in total. The molecule has 106 valence electrons. The van der Waals surface area contributed by atoms with Crippen LogP contribution < -0.4 is 14.8 Å². The van der Waals surface area contributed by atoms with Crippen LogP contribution in [0.25, 0.3) is 0 Å². The van der Waals surface area contributed by atoms with Gasteiger partial charge in [0.1, 0.15) is 17.1 Å². The van der Waals surface area contributed by atoms with Gasteiger partial charge in [-0.05, 0) is 26.0 Å². The van der Waals surface area contributed by atoms with E-state index < -0.39 is 0 Å². The van der Waals surface area contributed by atoms with Crippen molar-refractivity contribution in [3.05, 3.63) is 23.8 Å². The molecular weight excluding hydrogens is 238 g/mol. The van der Waals surface area contributed by atoms with Crippen LogP contribution in [0.5, 0.6) is 11.5 Å². The second kappa shape index (κ2) is 5.83. The summed E-state index contributed by atoms with van der Waals surface area (Å²) in [5.74, 6) is 1.83. The Hall–Kier alpha value is -1.22. The average Bonchev–Trinajstić information content (AvgIpc) is 2.45. The van der Waals surface area contributed by atoms with Gasteiger partial charge in [-0.2, -0.15) is 0 Å². The molecule has 2 atom stereocenters. The molecule has 0 aliphatic carbocycles. The molecule has 0 bridgehead atoms.